The van der Waals surface area contributed by atoms with Crippen LogP contribution in [0.15, 0.2) is 42.5 Å². The molecule has 4 rings (SSSR count). The fourth-order valence-corrected chi connectivity index (χ4v) is 3.79. The molecular weight excluding hydrogens is 296 g/mol. The van der Waals surface area contributed by atoms with E-state index in [-0.39, 0.29) is 0 Å². The Hall–Kier alpha value is -2.26. The Morgan fingerprint density at radius 1 is 1.17 bits per heavy atom. The molecule has 0 fully saturated rings. The SMILES string of the molecule is CCOc1ccccc1CC1NCCc2c1[nH]c1ccc(C)cc21. The van der Waals surface area contributed by atoms with Crippen molar-refractivity contribution < 1.29 is 4.74 Å². The molecule has 0 amide bonds. The summed E-state index contributed by atoms with van der Waals surface area (Å²) in [6.07, 6.45) is 2.03. The zero-order valence-corrected chi connectivity index (χ0v) is 14.4. The van der Waals surface area contributed by atoms with Crippen molar-refractivity contribution in [2.75, 3.05) is 13.2 Å². The van der Waals surface area contributed by atoms with Crippen molar-refractivity contribution in [1.29, 1.82) is 0 Å². The first-order valence-corrected chi connectivity index (χ1v) is 8.81. The number of aryl methyl sites for hydroxylation is 1. The number of H-pyrrole nitrogens is 1. The van der Waals surface area contributed by atoms with E-state index in [1.807, 2.05) is 13.0 Å². The molecule has 1 atom stereocenters. The highest BCUT2D eigenvalue weighted by molar-refractivity contribution is 5.85. The number of hydrogen-bond acceptors (Lipinski definition) is 2. The molecule has 2 aromatic carbocycles. The molecule has 1 aromatic heterocycles. The summed E-state index contributed by atoms with van der Waals surface area (Å²) in [5.74, 6) is 1.00. The average molecular weight is 320 g/mol. The Kier molecular flexibility index (Phi) is 4.03. The number of fused-ring (bicyclic) bond motifs is 3. The van der Waals surface area contributed by atoms with Crippen LogP contribution < -0.4 is 10.1 Å². The molecule has 0 radical (unpaired) electrons. The second-order valence-corrected chi connectivity index (χ2v) is 6.57. The molecule has 3 heteroatoms. The van der Waals surface area contributed by atoms with Gasteiger partial charge in [-0.3, -0.25) is 0 Å². The lowest BCUT2D eigenvalue weighted by molar-refractivity contribution is 0.334. The fourth-order valence-electron chi connectivity index (χ4n) is 3.79. The highest BCUT2D eigenvalue weighted by Gasteiger charge is 2.24. The maximum Gasteiger partial charge on any atom is 0.122 e. The van der Waals surface area contributed by atoms with Gasteiger partial charge in [0.25, 0.3) is 0 Å². The van der Waals surface area contributed by atoms with E-state index < -0.39 is 0 Å². The quantitative estimate of drug-likeness (QED) is 0.752. The summed E-state index contributed by atoms with van der Waals surface area (Å²) < 4.78 is 5.80. The highest BCUT2D eigenvalue weighted by atomic mass is 16.5. The van der Waals surface area contributed by atoms with E-state index in [9.17, 15) is 0 Å². The van der Waals surface area contributed by atoms with Crippen LogP contribution in [-0.2, 0) is 12.8 Å². The van der Waals surface area contributed by atoms with E-state index in [4.69, 9.17) is 4.74 Å². The van der Waals surface area contributed by atoms with Gasteiger partial charge in [-0.05, 0) is 62.6 Å². The minimum atomic E-state index is 0.308. The van der Waals surface area contributed by atoms with E-state index >= 15 is 0 Å². The first-order valence-electron chi connectivity index (χ1n) is 8.81. The van der Waals surface area contributed by atoms with E-state index in [1.165, 1.54) is 33.3 Å². The largest absolute Gasteiger partial charge is 0.494 e. The Morgan fingerprint density at radius 2 is 2.04 bits per heavy atom. The second-order valence-electron chi connectivity index (χ2n) is 6.57. The average Bonchev–Trinajstić information content (AvgIpc) is 2.96. The van der Waals surface area contributed by atoms with Gasteiger partial charge in [-0.15, -0.1) is 0 Å². The van der Waals surface area contributed by atoms with Gasteiger partial charge in [-0.25, -0.2) is 0 Å². The summed E-state index contributed by atoms with van der Waals surface area (Å²) in [7, 11) is 0. The number of aromatic nitrogens is 1. The fraction of sp³-hybridized carbons (Fsp3) is 0.333. The van der Waals surface area contributed by atoms with E-state index in [0.29, 0.717) is 12.6 Å². The van der Waals surface area contributed by atoms with Gasteiger partial charge in [0, 0.05) is 16.6 Å². The van der Waals surface area contributed by atoms with E-state index in [1.54, 1.807) is 0 Å². The van der Waals surface area contributed by atoms with Gasteiger partial charge in [0.1, 0.15) is 5.75 Å². The van der Waals surface area contributed by atoms with Gasteiger partial charge >= 0.3 is 0 Å². The summed E-state index contributed by atoms with van der Waals surface area (Å²) in [5, 5.41) is 5.07. The maximum atomic E-state index is 5.80. The normalized spacial score (nSPS) is 17.0. The molecular formula is C21H24N2O. The molecule has 3 nitrogen and oxygen atoms in total. The molecule has 0 saturated carbocycles. The van der Waals surface area contributed by atoms with Crippen molar-refractivity contribution in [3.8, 4) is 5.75 Å². The Morgan fingerprint density at radius 3 is 2.92 bits per heavy atom. The van der Waals surface area contributed by atoms with Crippen molar-refractivity contribution in [2.45, 2.75) is 32.7 Å². The third kappa shape index (κ3) is 2.69. The third-order valence-corrected chi connectivity index (χ3v) is 4.91. The molecule has 1 unspecified atom stereocenters. The van der Waals surface area contributed by atoms with Gasteiger partial charge in [-0.1, -0.05) is 29.8 Å². The Labute approximate surface area is 143 Å². The molecule has 24 heavy (non-hydrogen) atoms. The third-order valence-electron chi connectivity index (χ3n) is 4.91. The standard InChI is InChI=1S/C21H24N2O/c1-3-24-20-7-5-4-6-15(20)13-19-21-16(10-11-22-19)17-12-14(2)8-9-18(17)23-21/h4-9,12,19,22-23H,3,10-11,13H2,1-2H3. The summed E-state index contributed by atoms with van der Waals surface area (Å²) >= 11 is 0. The van der Waals surface area contributed by atoms with Crippen LogP contribution in [0.2, 0.25) is 0 Å². The number of rotatable bonds is 4. The van der Waals surface area contributed by atoms with E-state index in [0.717, 1.165) is 25.1 Å². The molecule has 2 heterocycles. The van der Waals surface area contributed by atoms with Crippen molar-refractivity contribution in [1.82, 2.24) is 10.3 Å². The van der Waals surface area contributed by atoms with Crippen molar-refractivity contribution >= 4 is 10.9 Å². The molecule has 124 valence electrons. The number of para-hydroxylation sites is 1. The minimum Gasteiger partial charge on any atom is -0.494 e. The topological polar surface area (TPSA) is 37.0 Å². The van der Waals surface area contributed by atoms with Crippen LogP contribution in [0.4, 0.5) is 0 Å². The molecule has 0 bridgehead atoms. The Bertz CT molecular complexity index is 865. The van der Waals surface area contributed by atoms with Crippen molar-refractivity contribution in [3.63, 3.8) is 0 Å². The van der Waals surface area contributed by atoms with Crippen molar-refractivity contribution in [2.24, 2.45) is 0 Å². The van der Waals surface area contributed by atoms with Crippen LogP contribution in [0, 0.1) is 6.92 Å². The molecule has 1 aliphatic rings. The monoisotopic (exact) mass is 320 g/mol. The Balaban J connectivity index is 1.71. The van der Waals surface area contributed by atoms with Crippen molar-refractivity contribution in [3.05, 3.63) is 64.8 Å². The second kappa shape index (κ2) is 6.33. The van der Waals surface area contributed by atoms with Crippen LogP contribution in [-0.4, -0.2) is 18.1 Å². The number of benzene rings is 2. The molecule has 1 aliphatic heterocycles. The zero-order valence-electron chi connectivity index (χ0n) is 14.4. The van der Waals surface area contributed by atoms with Crippen LogP contribution in [0.1, 0.15) is 35.3 Å². The molecule has 0 saturated heterocycles. The predicted molar refractivity (Wildman–Crippen MR) is 98.8 cm³/mol. The lowest BCUT2D eigenvalue weighted by atomic mass is 9.94. The molecule has 0 aliphatic carbocycles. The minimum absolute atomic E-state index is 0.308. The van der Waals surface area contributed by atoms with Crippen LogP contribution in [0.3, 0.4) is 0 Å². The molecule has 0 spiro atoms. The van der Waals surface area contributed by atoms with Gasteiger partial charge in [0.15, 0.2) is 0 Å². The molecule has 3 aromatic rings. The first kappa shape index (κ1) is 15.3. The number of hydrogen-bond donors (Lipinski definition) is 2. The molecule has 2 N–H and O–H groups in total. The van der Waals surface area contributed by atoms with Gasteiger partial charge in [0.2, 0.25) is 0 Å². The highest BCUT2D eigenvalue weighted by Crippen LogP contribution is 2.33. The van der Waals surface area contributed by atoms with Crippen LogP contribution >= 0.6 is 0 Å². The zero-order chi connectivity index (χ0) is 16.5. The van der Waals surface area contributed by atoms with Gasteiger partial charge in [-0.2, -0.15) is 0 Å². The first-order chi connectivity index (χ1) is 11.8. The number of aromatic amines is 1. The van der Waals surface area contributed by atoms with Gasteiger partial charge < -0.3 is 15.0 Å². The smallest absolute Gasteiger partial charge is 0.122 e. The van der Waals surface area contributed by atoms with Crippen LogP contribution in [0.25, 0.3) is 10.9 Å². The lowest BCUT2D eigenvalue weighted by Gasteiger charge is -2.25. The lowest BCUT2D eigenvalue weighted by Crippen LogP contribution is -2.31. The number of ether oxygens (including phenoxy) is 1. The summed E-state index contributed by atoms with van der Waals surface area (Å²) in [6.45, 7) is 5.92. The summed E-state index contributed by atoms with van der Waals surface area (Å²) in [6, 6.07) is 15.4. The van der Waals surface area contributed by atoms with Crippen LogP contribution in [0.5, 0.6) is 5.75 Å². The summed E-state index contributed by atoms with van der Waals surface area (Å²) in [5.41, 5.74) is 6.65. The summed E-state index contributed by atoms with van der Waals surface area (Å²) in [4.78, 5) is 3.66. The maximum absolute atomic E-state index is 5.80. The van der Waals surface area contributed by atoms with E-state index in [2.05, 4.69) is 53.6 Å². The number of nitrogens with one attached hydrogen (secondary N) is 2. The van der Waals surface area contributed by atoms with Gasteiger partial charge in [0.05, 0.1) is 12.6 Å². The predicted octanol–water partition coefficient (Wildman–Crippen LogP) is 4.30.